The molecule has 7 heteroatoms. The van der Waals surface area contributed by atoms with Crippen LogP contribution < -0.4 is 10.6 Å². The number of aryl methyl sites for hydroxylation is 1. The summed E-state index contributed by atoms with van der Waals surface area (Å²) >= 11 is 0. The first-order valence-corrected chi connectivity index (χ1v) is 7.67. The van der Waals surface area contributed by atoms with E-state index in [0.29, 0.717) is 19.0 Å². The zero-order valence-electron chi connectivity index (χ0n) is 13.0. The van der Waals surface area contributed by atoms with Crippen molar-refractivity contribution in [3.05, 3.63) is 42.1 Å². The zero-order valence-corrected chi connectivity index (χ0v) is 13.0. The van der Waals surface area contributed by atoms with Gasteiger partial charge in [-0.25, -0.2) is 9.97 Å². The molecule has 0 aliphatic carbocycles. The Morgan fingerprint density at radius 3 is 2.70 bits per heavy atom. The second-order valence-electron chi connectivity index (χ2n) is 5.07. The molecule has 0 radical (unpaired) electrons. The van der Waals surface area contributed by atoms with Crippen LogP contribution in [0, 0.1) is 0 Å². The second-order valence-corrected chi connectivity index (χ2v) is 5.07. The van der Waals surface area contributed by atoms with E-state index >= 15 is 0 Å². The van der Waals surface area contributed by atoms with Gasteiger partial charge in [0, 0.05) is 19.6 Å². The van der Waals surface area contributed by atoms with Crippen molar-refractivity contribution in [2.45, 2.75) is 20.0 Å². The molecule has 0 amide bonds. The van der Waals surface area contributed by atoms with Crippen LogP contribution in [0.25, 0.3) is 11.2 Å². The lowest BCUT2D eigenvalue weighted by Gasteiger charge is -2.08. The van der Waals surface area contributed by atoms with Crippen molar-refractivity contribution >= 4 is 23.1 Å². The highest BCUT2D eigenvalue weighted by atomic mass is 16.3. The molecule has 0 atom stereocenters. The Hall–Kier alpha value is -2.67. The maximum absolute atomic E-state index is 8.88. The quantitative estimate of drug-likeness (QED) is 0.617. The van der Waals surface area contributed by atoms with Crippen LogP contribution in [0.2, 0.25) is 0 Å². The Kier molecular flexibility index (Phi) is 4.68. The zero-order chi connectivity index (χ0) is 16.1. The van der Waals surface area contributed by atoms with E-state index in [1.165, 1.54) is 5.56 Å². The lowest BCUT2D eigenvalue weighted by Crippen LogP contribution is -2.10. The van der Waals surface area contributed by atoms with Crippen LogP contribution in [-0.4, -0.2) is 37.8 Å². The first-order valence-electron chi connectivity index (χ1n) is 7.67. The third-order valence-corrected chi connectivity index (χ3v) is 3.49. The standard InChI is InChI=1S/C16H20N6O/c1-2-22-14-13(11-18-15(21-14)17-8-9-23)20-16(22)19-10-12-6-4-3-5-7-12/h3-7,11,23H,2,8-10H2,1H3,(H,19,20)(H,17,18,21). The van der Waals surface area contributed by atoms with Gasteiger partial charge in [-0.1, -0.05) is 30.3 Å². The molecule has 0 saturated carbocycles. The van der Waals surface area contributed by atoms with E-state index in [4.69, 9.17) is 5.11 Å². The summed E-state index contributed by atoms with van der Waals surface area (Å²) in [6.45, 7) is 3.97. The molecule has 2 aromatic heterocycles. The van der Waals surface area contributed by atoms with Crippen LogP contribution in [0.3, 0.4) is 0 Å². The molecule has 0 aliphatic heterocycles. The van der Waals surface area contributed by atoms with Crippen molar-refractivity contribution in [3.8, 4) is 0 Å². The largest absolute Gasteiger partial charge is 0.395 e. The van der Waals surface area contributed by atoms with Crippen LogP contribution in [-0.2, 0) is 13.1 Å². The lowest BCUT2D eigenvalue weighted by molar-refractivity contribution is 0.311. The molecule has 0 aliphatic rings. The number of nitrogens with zero attached hydrogens (tertiary/aromatic N) is 4. The van der Waals surface area contributed by atoms with Gasteiger partial charge in [0.2, 0.25) is 11.9 Å². The number of benzene rings is 1. The molecular formula is C16H20N6O. The fourth-order valence-electron chi connectivity index (χ4n) is 2.38. The summed E-state index contributed by atoms with van der Waals surface area (Å²) in [5.41, 5.74) is 2.72. The number of aliphatic hydroxyl groups excluding tert-OH is 1. The summed E-state index contributed by atoms with van der Waals surface area (Å²) < 4.78 is 2.02. The van der Waals surface area contributed by atoms with Gasteiger partial charge in [0.15, 0.2) is 5.65 Å². The first-order chi connectivity index (χ1) is 11.3. The predicted molar refractivity (Wildman–Crippen MR) is 90.3 cm³/mol. The fraction of sp³-hybridized carbons (Fsp3) is 0.312. The third kappa shape index (κ3) is 3.40. The van der Waals surface area contributed by atoms with Gasteiger partial charge in [-0.2, -0.15) is 4.98 Å². The third-order valence-electron chi connectivity index (χ3n) is 3.49. The van der Waals surface area contributed by atoms with Gasteiger partial charge in [0.05, 0.1) is 12.8 Å². The van der Waals surface area contributed by atoms with E-state index in [2.05, 4.69) is 44.6 Å². The topological polar surface area (TPSA) is 87.9 Å². The Balaban J connectivity index is 1.85. The van der Waals surface area contributed by atoms with Gasteiger partial charge >= 0.3 is 0 Å². The molecule has 7 nitrogen and oxygen atoms in total. The van der Waals surface area contributed by atoms with Crippen LogP contribution in [0.5, 0.6) is 0 Å². The summed E-state index contributed by atoms with van der Waals surface area (Å²) in [7, 11) is 0. The molecule has 120 valence electrons. The van der Waals surface area contributed by atoms with Crippen LogP contribution in [0.15, 0.2) is 36.5 Å². The van der Waals surface area contributed by atoms with Crippen molar-refractivity contribution in [2.24, 2.45) is 0 Å². The number of nitrogens with one attached hydrogen (secondary N) is 2. The number of hydrogen-bond donors (Lipinski definition) is 3. The first kappa shape index (κ1) is 15.2. The van der Waals surface area contributed by atoms with Crippen molar-refractivity contribution < 1.29 is 5.11 Å². The molecule has 0 saturated heterocycles. The molecule has 23 heavy (non-hydrogen) atoms. The minimum atomic E-state index is 0.0400. The summed E-state index contributed by atoms with van der Waals surface area (Å²) in [5.74, 6) is 1.27. The van der Waals surface area contributed by atoms with Gasteiger partial charge in [-0.3, -0.25) is 4.57 Å². The van der Waals surface area contributed by atoms with Crippen molar-refractivity contribution in [1.29, 1.82) is 0 Å². The van der Waals surface area contributed by atoms with Gasteiger partial charge < -0.3 is 15.7 Å². The molecule has 0 bridgehead atoms. The van der Waals surface area contributed by atoms with Gasteiger partial charge in [-0.05, 0) is 12.5 Å². The van der Waals surface area contributed by atoms with Crippen LogP contribution >= 0.6 is 0 Å². The lowest BCUT2D eigenvalue weighted by atomic mass is 10.2. The van der Waals surface area contributed by atoms with Gasteiger partial charge in [0.1, 0.15) is 5.52 Å². The summed E-state index contributed by atoms with van der Waals surface area (Å²) in [4.78, 5) is 13.3. The van der Waals surface area contributed by atoms with E-state index in [0.717, 1.165) is 23.7 Å². The Morgan fingerprint density at radius 2 is 1.96 bits per heavy atom. The van der Waals surface area contributed by atoms with E-state index < -0.39 is 0 Å². The maximum Gasteiger partial charge on any atom is 0.224 e. The van der Waals surface area contributed by atoms with Crippen LogP contribution in [0.1, 0.15) is 12.5 Å². The minimum Gasteiger partial charge on any atom is -0.395 e. The number of anilines is 2. The molecule has 3 N–H and O–H groups in total. The maximum atomic E-state index is 8.88. The van der Waals surface area contributed by atoms with Crippen molar-refractivity contribution in [2.75, 3.05) is 23.8 Å². The predicted octanol–water partition coefficient (Wildman–Crippen LogP) is 1.86. The number of hydrogen-bond acceptors (Lipinski definition) is 6. The highest BCUT2D eigenvalue weighted by Gasteiger charge is 2.12. The fourth-order valence-corrected chi connectivity index (χ4v) is 2.38. The molecule has 3 rings (SSSR count). The van der Waals surface area contributed by atoms with Gasteiger partial charge in [0.25, 0.3) is 0 Å². The summed E-state index contributed by atoms with van der Waals surface area (Å²) in [6, 6.07) is 10.2. The van der Waals surface area contributed by atoms with Crippen LogP contribution in [0.4, 0.5) is 11.9 Å². The van der Waals surface area contributed by atoms with Crippen molar-refractivity contribution in [3.63, 3.8) is 0 Å². The SMILES string of the molecule is CCn1c(NCc2ccccc2)nc2cnc(NCCO)nc21. The highest BCUT2D eigenvalue weighted by molar-refractivity contribution is 5.74. The molecule has 0 fully saturated rings. The molecular weight excluding hydrogens is 292 g/mol. The van der Waals surface area contributed by atoms with Gasteiger partial charge in [-0.15, -0.1) is 0 Å². The highest BCUT2D eigenvalue weighted by Crippen LogP contribution is 2.19. The Morgan fingerprint density at radius 1 is 1.13 bits per heavy atom. The minimum absolute atomic E-state index is 0.0400. The summed E-state index contributed by atoms with van der Waals surface area (Å²) in [5, 5.41) is 15.2. The Bertz CT molecular complexity index is 771. The number of aliphatic hydroxyl groups is 1. The smallest absolute Gasteiger partial charge is 0.224 e. The van der Waals surface area contributed by atoms with Crippen molar-refractivity contribution in [1.82, 2.24) is 19.5 Å². The van der Waals surface area contributed by atoms with E-state index in [1.807, 2.05) is 22.8 Å². The normalized spacial score (nSPS) is 10.9. The monoisotopic (exact) mass is 312 g/mol. The average Bonchev–Trinajstić information content (AvgIpc) is 2.95. The number of aromatic nitrogens is 4. The second kappa shape index (κ2) is 7.06. The molecule has 0 unspecified atom stereocenters. The summed E-state index contributed by atoms with van der Waals surface area (Å²) in [6.07, 6.45) is 1.70. The van der Waals surface area contributed by atoms with E-state index in [-0.39, 0.29) is 6.61 Å². The number of imidazole rings is 1. The molecule has 1 aromatic carbocycles. The number of rotatable bonds is 7. The molecule has 0 spiro atoms. The van der Waals surface area contributed by atoms with E-state index in [9.17, 15) is 0 Å². The average molecular weight is 312 g/mol. The molecule has 3 aromatic rings. The Labute approximate surface area is 134 Å². The number of fused-ring (bicyclic) bond motifs is 1. The molecule has 2 heterocycles. The van der Waals surface area contributed by atoms with E-state index in [1.54, 1.807) is 6.20 Å².